The highest BCUT2D eigenvalue weighted by Gasteiger charge is 2.12. The Kier molecular flexibility index (Phi) is 4.58. The highest BCUT2D eigenvalue weighted by atomic mass is 79.9. The molecule has 3 aromatic rings. The number of rotatable bonds is 3. The van der Waals surface area contributed by atoms with Crippen molar-refractivity contribution in [1.82, 2.24) is 9.38 Å². The summed E-state index contributed by atoms with van der Waals surface area (Å²) in [5.74, 6) is -0.477. The number of ether oxygens (including phenoxy) is 1. The molecule has 0 bridgehead atoms. The molecule has 0 aliphatic carbocycles. The number of benzene rings is 1. The molecule has 0 saturated carbocycles. The molecule has 0 aliphatic rings. The van der Waals surface area contributed by atoms with Crippen LogP contribution in [0.25, 0.3) is 5.65 Å². The van der Waals surface area contributed by atoms with Gasteiger partial charge in [0, 0.05) is 21.2 Å². The summed E-state index contributed by atoms with van der Waals surface area (Å²) in [7, 11) is 0. The Hall–Kier alpha value is -1.99. The fraction of sp³-hybridized carbons (Fsp3) is 0.0625. The van der Waals surface area contributed by atoms with E-state index in [1.54, 1.807) is 36.5 Å². The SMILES string of the molecule is O=C(OCc1cc(=O)n2cc(Br)ccc2n1)c1ccccc1Br. The van der Waals surface area contributed by atoms with Crippen LogP contribution in [-0.4, -0.2) is 15.4 Å². The minimum absolute atomic E-state index is 0.0675. The number of aromatic nitrogens is 2. The van der Waals surface area contributed by atoms with Crippen molar-refractivity contribution in [3.63, 3.8) is 0 Å². The van der Waals surface area contributed by atoms with Crippen LogP contribution in [0.3, 0.4) is 0 Å². The van der Waals surface area contributed by atoms with E-state index in [1.165, 1.54) is 10.5 Å². The predicted molar refractivity (Wildman–Crippen MR) is 92.4 cm³/mol. The quantitative estimate of drug-likeness (QED) is 0.587. The molecule has 0 saturated heterocycles. The Labute approximate surface area is 148 Å². The van der Waals surface area contributed by atoms with Gasteiger partial charge in [0.25, 0.3) is 5.56 Å². The highest BCUT2D eigenvalue weighted by Crippen LogP contribution is 2.17. The zero-order valence-corrected chi connectivity index (χ0v) is 14.9. The fourth-order valence-corrected chi connectivity index (χ4v) is 2.83. The van der Waals surface area contributed by atoms with Crippen LogP contribution in [-0.2, 0) is 11.3 Å². The molecule has 3 rings (SSSR count). The van der Waals surface area contributed by atoms with Crippen LogP contribution in [0, 0.1) is 0 Å². The lowest BCUT2D eigenvalue weighted by molar-refractivity contribution is 0.0466. The average Bonchev–Trinajstić information content (AvgIpc) is 2.54. The molecular formula is C16H10Br2N2O3. The average molecular weight is 438 g/mol. The first kappa shape index (κ1) is 15.9. The molecule has 0 radical (unpaired) electrons. The smallest absolute Gasteiger partial charge is 0.339 e. The van der Waals surface area contributed by atoms with Gasteiger partial charge in [-0.25, -0.2) is 9.78 Å². The Morgan fingerprint density at radius 1 is 1.17 bits per heavy atom. The number of carbonyl (C=O) groups excluding carboxylic acids is 1. The van der Waals surface area contributed by atoms with Crippen LogP contribution < -0.4 is 5.56 Å². The van der Waals surface area contributed by atoms with Gasteiger partial charge in [-0.3, -0.25) is 9.20 Å². The molecule has 0 amide bonds. The second-order valence-electron chi connectivity index (χ2n) is 4.72. The number of nitrogens with zero attached hydrogens (tertiary/aromatic N) is 2. The van der Waals surface area contributed by atoms with E-state index in [4.69, 9.17) is 4.74 Å². The van der Waals surface area contributed by atoms with Crippen molar-refractivity contribution in [2.45, 2.75) is 6.61 Å². The minimum atomic E-state index is -0.477. The summed E-state index contributed by atoms with van der Waals surface area (Å²) in [5.41, 5.74) is 1.09. The molecule has 0 unspecified atom stereocenters. The lowest BCUT2D eigenvalue weighted by Crippen LogP contribution is -2.16. The summed E-state index contributed by atoms with van der Waals surface area (Å²) >= 11 is 6.61. The third-order valence-corrected chi connectivity index (χ3v) is 4.28. The van der Waals surface area contributed by atoms with Crippen LogP contribution in [0.4, 0.5) is 0 Å². The van der Waals surface area contributed by atoms with Gasteiger partial charge in [-0.05, 0) is 56.1 Å². The number of carbonyl (C=O) groups is 1. The van der Waals surface area contributed by atoms with E-state index >= 15 is 0 Å². The molecule has 0 atom stereocenters. The van der Waals surface area contributed by atoms with Gasteiger partial charge in [-0.1, -0.05) is 12.1 Å². The first-order chi connectivity index (χ1) is 11.0. The van der Waals surface area contributed by atoms with Crippen LogP contribution in [0.1, 0.15) is 16.1 Å². The summed E-state index contributed by atoms with van der Waals surface area (Å²) in [5, 5.41) is 0. The molecule has 23 heavy (non-hydrogen) atoms. The molecule has 0 spiro atoms. The molecule has 2 aromatic heterocycles. The van der Waals surface area contributed by atoms with Gasteiger partial charge < -0.3 is 4.74 Å². The van der Waals surface area contributed by atoms with E-state index in [1.807, 2.05) is 6.07 Å². The van der Waals surface area contributed by atoms with Gasteiger partial charge in [-0.2, -0.15) is 0 Å². The number of hydrogen-bond donors (Lipinski definition) is 0. The van der Waals surface area contributed by atoms with E-state index in [2.05, 4.69) is 36.8 Å². The maximum Gasteiger partial charge on any atom is 0.339 e. The zero-order valence-electron chi connectivity index (χ0n) is 11.7. The monoisotopic (exact) mass is 436 g/mol. The van der Waals surface area contributed by atoms with Crippen molar-refractivity contribution in [2.75, 3.05) is 0 Å². The fourth-order valence-electron chi connectivity index (χ4n) is 2.04. The number of esters is 1. The Bertz CT molecular complexity index is 953. The van der Waals surface area contributed by atoms with E-state index < -0.39 is 5.97 Å². The van der Waals surface area contributed by atoms with E-state index in [9.17, 15) is 9.59 Å². The van der Waals surface area contributed by atoms with Crippen molar-refractivity contribution in [3.05, 3.63) is 79.2 Å². The summed E-state index contributed by atoms with van der Waals surface area (Å²) < 4.78 is 8.09. The lowest BCUT2D eigenvalue weighted by Gasteiger charge is -2.07. The van der Waals surface area contributed by atoms with Crippen molar-refractivity contribution < 1.29 is 9.53 Å². The molecule has 0 aliphatic heterocycles. The number of hydrogen-bond acceptors (Lipinski definition) is 4. The van der Waals surface area contributed by atoms with Crippen LogP contribution >= 0.6 is 31.9 Å². The minimum Gasteiger partial charge on any atom is -0.456 e. The summed E-state index contributed by atoms with van der Waals surface area (Å²) in [6.45, 7) is -0.0675. The number of fused-ring (bicyclic) bond motifs is 1. The van der Waals surface area contributed by atoms with Crippen molar-refractivity contribution in [3.8, 4) is 0 Å². The normalized spacial score (nSPS) is 10.7. The molecule has 5 nitrogen and oxygen atoms in total. The molecule has 7 heteroatoms. The first-order valence-corrected chi connectivity index (χ1v) is 8.23. The Morgan fingerprint density at radius 3 is 2.74 bits per heavy atom. The highest BCUT2D eigenvalue weighted by molar-refractivity contribution is 9.10. The Morgan fingerprint density at radius 2 is 1.96 bits per heavy atom. The standard InChI is InChI=1S/C16H10Br2N2O3/c17-10-5-6-14-19-11(7-15(21)20(14)8-10)9-23-16(22)12-3-1-2-4-13(12)18/h1-8H,9H2. The molecular weight excluding hydrogens is 428 g/mol. The van der Waals surface area contributed by atoms with E-state index in [0.29, 0.717) is 21.4 Å². The second-order valence-corrected chi connectivity index (χ2v) is 6.49. The number of pyridine rings is 1. The topological polar surface area (TPSA) is 60.7 Å². The molecule has 0 fully saturated rings. The lowest BCUT2D eigenvalue weighted by atomic mass is 10.2. The van der Waals surface area contributed by atoms with E-state index in [0.717, 1.165) is 4.47 Å². The Balaban J connectivity index is 1.82. The van der Waals surface area contributed by atoms with Crippen LogP contribution in [0.15, 0.2) is 62.4 Å². The summed E-state index contributed by atoms with van der Waals surface area (Å²) in [6.07, 6.45) is 1.64. The van der Waals surface area contributed by atoms with Gasteiger partial charge in [0.05, 0.1) is 11.3 Å². The van der Waals surface area contributed by atoms with Crippen molar-refractivity contribution in [1.29, 1.82) is 0 Å². The zero-order chi connectivity index (χ0) is 16.4. The molecule has 1 aromatic carbocycles. The van der Waals surface area contributed by atoms with Gasteiger partial charge in [-0.15, -0.1) is 0 Å². The number of halogens is 2. The third kappa shape index (κ3) is 3.51. The summed E-state index contributed by atoms with van der Waals surface area (Å²) in [6, 6.07) is 11.8. The van der Waals surface area contributed by atoms with Crippen LogP contribution in [0.2, 0.25) is 0 Å². The molecule has 2 heterocycles. The molecule has 116 valence electrons. The summed E-state index contributed by atoms with van der Waals surface area (Å²) in [4.78, 5) is 28.5. The van der Waals surface area contributed by atoms with Gasteiger partial charge >= 0.3 is 5.97 Å². The van der Waals surface area contributed by atoms with E-state index in [-0.39, 0.29) is 12.2 Å². The first-order valence-electron chi connectivity index (χ1n) is 6.64. The van der Waals surface area contributed by atoms with Gasteiger partial charge in [0.2, 0.25) is 0 Å². The predicted octanol–water partition coefficient (Wildman–Crippen LogP) is 3.58. The van der Waals surface area contributed by atoms with Crippen LogP contribution in [0.5, 0.6) is 0 Å². The maximum absolute atomic E-state index is 12.1. The molecule has 0 N–H and O–H groups in total. The second kappa shape index (κ2) is 6.64. The van der Waals surface area contributed by atoms with Crippen molar-refractivity contribution >= 4 is 43.5 Å². The van der Waals surface area contributed by atoms with Gasteiger partial charge in [0.1, 0.15) is 12.3 Å². The van der Waals surface area contributed by atoms with Crippen molar-refractivity contribution in [2.24, 2.45) is 0 Å². The largest absolute Gasteiger partial charge is 0.456 e. The third-order valence-electron chi connectivity index (χ3n) is 3.12. The van der Waals surface area contributed by atoms with Gasteiger partial charge in [0.15, 0.2) is 0 Å². The maximum atomic E-state index is 12.1.